The van der Waals surface area contributed by atoms with Crippen molar-refractivity contribution < 1.29 is 14.1 Å². The van der Waals surface area contributed by atoms with Gasteiger partial charge in [-0.05, 0) is 23.8 Å². The molecule has 1 aliphatic rings. The predicted molar refractivity (Wildman–Crippen MR) is 80.8 cm³/mol. The van der Waals surface area contributed by atoms with Crippen LogP contribution in [0.4, 0.5) is 16.0 Å². The summed E-state index contributed by atoms with van der Waals surface area (Å²) in [5.41, 5.74) is 4.35. The van der Waals surface area contributed by atoms with E-state index in [9.17, 15) is 4.39 Å². The second-order valence-corrected chi connectivity index (χ2v) is 5.74. The number of hydrogen-bond acceptors (Lipinski definition) is 1. The summed E-state index contributed by atoms with van der Waals surface area (Å²) in [5.74, 6) is 0.275. The van der Waals surface area contributed by atoms with E-state index in [0.717, 1.165) is 27.9 Å². The standard InChI is InChI=1S/C16H8Cl2FNO/c17-9-3-1-2-8(4-9)11-7-21-16-15(11)10-5-13(19)12(18)6-14(10)20-16/h1-7,20H/p+1. The van der Waals surface area contributed by atoms with E-state index in [2.05, 4.69) is 0 Å². The molecule has 104 valence electrons. The Morgan fingerprint density at radius 1 is 1.05 bits per heavy atom. The van der Waals surface area contributed by atoms with Crippen LogP contribution in [0.3, 0.4) is 0 Å². The molecule has 3 aromatic rings. The number of nitrogens with two attached hydrogens (primary N) is 1. The minimum absolute atomic E-state index is 0.111. The maximum atomic E-state index is 13.8. The van der Waals surface area contributed by atoms with Gasteiger partial charge in [0.05, 0.1) is 10.6 Å². The number of quaternary nitrogens is 1. The minimum atomic E-state index is -0.435. The Balaban J connectivity index is 1.94. The summed E-state index contributed by atoms with van der Waals surface area (Å²) >= 11 is 11.9. The van der Waals surface area contributed by atoms with Gasteiger partial charge in [-0.15, -0.1) is 0 Å². The topological polar surface area (TPSA) is 29.8 Å². The lowest BCUT2D eigenvalue weighted by Gasteiger charge is -2.02. The maximum absolute atomic E-state index is 13.8. The first-order chi connectivity index (χ1) is 10.1. The first-order valence-corrected chi connectivity index (χ1v) is 7.10. The van der Waals surface area contributed by atoms with E-state index in [1.165, 1.54) is 6.07 Å². The zero-order valence-corrected chi connectivity index (χ0v) is 12.2. The summed E-state index contributed by atoms with van der Waals surface area (Å²) in [5, 5.41) is 2.62. The van der Waals surface area contributed by atoms with Crippen LogP contribution in [0.2, 0.25) is 10.0 Å². The molecule has 0 saturated heterocycles. The molecule has 1 aliphatic heterocycles. The molecule has 1 aromatic heterocycles. The highest BCUT2D eigenvalue weighted by atomic mass is 35.5. The third kappa shape index (κ3) is 1.97. The molecule has 0 unspecified atom stereocenters. The van der Waals surface area contributed by atoms with Crippen LogP contribution in [-0.2, 0) is 0 Å². The molecule has 0 saturated carbocycles. The van der Waals surface area contributed by atoms with Gasteiger partial charge < -0.3 is 4.42 Å². The molecule has 2 aromatic carbocycles. The highest BCUT2D eigenvalue weighted by Gasteiger charge is 2.32. The first-order valence-electron chi connectivity index (χ1n) is 6.35. The van der Waals surface area contributed by atoms with E-state index in [4.69, 9.17) is 27.6 Å². The molecule has 0 amide bonds. The van der Waals surface area contributed by atoms with Gasteiger partial charge in [0.25, 0.3) is 0 Å². The largest absolute Gasteiger partial charge is 0.419 e. The Morgan fingerprint density at radius 2 is 1.90 bits per heavy atom. The Morgan fingerprint density at radius 3 is 2.71 bits per heavy atom. The second-order valence-electron chi connectivity index (χ2n) is 4.90. The summed E-state index contributed by atoms with van der Waals surface area (Å²) in [7, 11) is 0. The van der Waals surface area contributed by atoms with Crippen molar-refractivity contribution in [2.45, 2.75) is 0 Å². The van der Waals surface area contributed by atoms with Crippen molar-refractivity contribution in [2.24, 2.45) is 0 Å². The predicted octanol–water partition coefficient (Wildman–Crippen LogP) is 4.90. The molecule has 21 heavy (non-hydrogen) atoms. The summed E-state index contributed by atoms with van der Waals surface area (Å²) in [6.45, 7) is 0. The van der Waals surface area contributed by atoms with E-state index in [0.29, 0.717) is 10.9 Å². The van der Waals surface area contributed by atoms with Gasteiger partial charge in [-0.25, -0.2) is 9.71 Å². The molecule has 0 aliphatic carbocycles. The summed E-state index contributed by atoms with van der Waals surface area (Å²) in [6, 6.07) is 10.6. The van der Waals surface area contributed by atoms with Crippen molar-refractivity contribution in [1.82, 2.24) is 0 Å². The van der Waals surface area contributed by atoms with E-state index in [1.807, 2.05) is 29.6 Å². The quantitative estimate of drug-likeness (QED) is 0.497. The number of rotatable bonds is 1. The van der Waals surface area contributed by atoms with Crippen LogP contribution in [0.5, 0.6) is 0 Å². The van der Waals surface area contributed by atoms with Crippen molar-refractivity contribution in [2.75, 3.05) is 0 Å². The molecule has 5 heteroatoms. The van der Waals surface area contributed by atoms with Crippen molar-refractivity contribution in [3.05, 3.63) is 58.5 Å². The smallest absolute Gasteiger partial charge is 0.307 e. The molecule has 4 rings (SSSR count). The number of hydrogen-bond donors (Lipinski definition) is 1. The lowest BCUT2D eigenvalue weighted by molar-refractivity contribution is -0.488. The van der Waals surface area contributed by atoms with E-state index in [-0.39, 0.29) is 5.02 Å². The van der Waals surface area contributed by atoms with Crippen LogP contribution in [0.25, 0.3) is 22.3 Å². The highest BCUT2D eigenvalue weighted by Crippen LogP contribution is 2.45. The molecule has 0 radical (unpaired) electrons. The first kappa shape index (κ1) is 12.9. The third-order valence-electron chi connectivity index (χ3n) is 3.60. The summed E-state index contributed by atoms with van der Waals surface area (Å²) in [6.07, 6.45) is 1.67. The van der Waals surface area contributed by atoms with E-state index >= 15 is 0 Å². The van der Waals surface area contributed by atoms with Gasteiger partial charge in [0.15, 0.2) is 0 Å². The summed E-state index contributed by atoms with van der Waals surface area (Å²) < 4.78 is 19.4. The van der Waals surface area contributed by atoms with Crippen molar-refractivity contribution >= 4 is 34.8 Å². The van der Waals surface area contributed by atoms with Crippen LogP contribution in [0.15, 0.2) is 47.1 Å². The average molecular weight is 321 g/mol. The average Bonchev–Trinajstić information content (AvgIpc) is 2.99. The molecular formula is C16H9Cl2FNO+. The molecule has 0 bridgehead atoms. The van der Waals surface area contributed by atoms with Gasteiger partial charge in [-0.3, -0.25) is 0 Å². The fourth-order valence-corrected chi connectivity index (χ4v) is 3.03. The number of halogens is 3. The fourth-order valence-electron chi connectivity index (χ4n) is 2.66. The van der Waals surface area contributed by atoms with Gasteiger partial charge >= 0.3 is 5.88 Å². The summed E-state index contributed by atoms with van der Waals surface area (Å²) in [4.78, 5) is 0. The SMILES string of the molecule is Fc1cc2c(cc1Cl)[NH2+]c1occ(-c3cccc(Cl)c3)c1-2. The molecule has 2 N–H and O–H groups in total. The second kappa shape index (κ2) is 4.60. The van der Waals surface area contributed by atoms with Gasteiger partial charge in [-0.2, -0.15) is 0 Å². The molecule has 2 heterocycles. The van der Waals surface area contributed by atoms with E-state index < -0.39 is 5.82 Å². The van der Waals surface area contributed by atoms with Gasteiger partial charge in [0.1, 0.15) is 23.3 Å². The Kier molecular flexibility index (Phi) is 2.82. The zero-order chi connectivity index (χ0) is 14.6. The molecule has 0 spiro atoms. The van der Waals surface area contributed by atoms with Crippen LogP contribution >= 0.6 is 23.2 Å². The minimum Gasteiger partial charge on any atom is -0.419 e. The lowest BCUT2D eigenvalue weighted by atomic mass is 9.99. The number of furan rings is 1. The monoisotopic (exact) mass is 320 g/mol. The number of fused-ring (bicyclic) bond motifs is 3. The lowest BCUT2D eigenvalue weighted by Crippen LogP contribution is -2.69. The Bertz CT molecular complexity index is 873. The number of benzene rings is 2. The Hall–Kier alpha value is -1.81. The molecule has 0 atom stereocenters. The molecular weight excluding hydrogens is 312 g/mol. The molecule has 0 fully saturated rings. The van der Waals surface area contributed by atoms with E-state index in [1.54, 1.807) is 12.3 Å². The van der Waals surface area contributed by atoms with Crippen LogP contribution in [-0.4, -0.2) is 0 Å². The van der Waals surface area contributed by atoms with Crippen LogP contribution in [0.1, 0.15) is 0 Å². The van der Waals surface area contributed by atoms with Crippen LogP contribution in [0, 0.1) is 5.82 Å². The zero-order valence-electron chi connectivity index (χ0n) is 10.7. The van der Waals surface area contributed by atoms with Gasteiger partial charge in [0, 0.05) is 16.7 Å². The molecule has 2 nitrogen and oxygen atoms in total. The van der Waals surface area contributed by atoms with Gasteiger partial charge in [-0.1, -0.05) is 35.3 Å². The fraction of sp³-hybridized carbons (Fsp3) is 0. The Labute approximate surface area is 130 Å². The maximum Gasteiger partial charge on any atom is 0.307 e. The normalized spacial score (nSPS) is 12.3. The van der Waals surface area contributed by atoms with Crippen molar-refractivity contribution in [3.63, 3.8) is 0 Å². The van der Waals surface area contributed by atoms with Crippen molar-refractivity contribution in [3.8, 4) is 22.3 Å². The van der Waals surface area contributed by atoms with Crippen LogP contribution < -0.4 is 5.32 Å². The highest BCUT2D eigenvalue weighted by molar-refractivity contribution is 6.31. The van der Waals surface area contributed by atoms with Gasteiger partial charge in [0.2, 0.25) is 0 Å². The van der Waals surface area contributed by atoms with Crippen molar-refractivity contribution in [1.29, 1.82) is 0 Å². The third-order valence-corrected chi connectivity index (χ3v) is 4.13.